The smallest absolute Gasteiger partial charge is 0.338 e. The molecule has 0 aliphatic carbocycles. The van der Waals surface area contributed by atoms with E-state index in [0.29, 0.717) is 11.3 Å². The normalized spacial score (nSPS) is 10.5. The molecule has 16 heavy (non-hydrogen) atoms. The molecule has 0 radical (unpaired) electrons. The summed E-state index contributed by atoms with van der Waals surface area (Å²) in [5, 5.41) is 10.6. The van der Waals surface area contributed by atoms with Gasteiger partial charge in [0.2, 0.25) is 0 Å². The lowest BCUT2D eigenvalue weighted by atomic mass is 10.2. The first kappa shape index (κ1) is 12.6. The summed E-state index contributed by atoms with van der Waals surface area (Å²) in [4.78, 5) is 22.2. The molecule has 0 saturated heterocycles. The Morgan fingerprint density at radius 3 is 2.62 bits per heavy atom. The van der Waals surface area contributed by atoms with Crippen molar-refractivity contribution in [2.45, 2.75) is 19.8 Å². The number of carboxylic acid groups (broad SMARTS) is 1. The van der Waals surface area contributed by atoms with E-state index in [4.69, 9.17) is 5.11 Å². The molecule has 0 aliphatic rings. The van der Waals surface area contributed by atoms with Gasteiger partial charge in [-0.05, 0) is 12.5 Å². The molecule has 1 amide bonds. The van der Waals surface area contributed by atoms with Gasteiger partial charge in [0.1, 0.15) is 5.00 Å². The third-order valence-corrected chi connectivity index (χ3v) is 2.99. The van der Waals surface area contributed by atoms with Crippen LogP contribution in [0, 0.1) is 0 Å². The van der Waals surface area contributed by atoms with Crippen LogP contribution in [-0.2, 0) is 11.2 Å². The fourth-order valence-corrected chi connectivity index (χ4v) is 2.03. The summed E-state index contributed by atoms with van der Waals surface area (Å²) in [5.41, 5.74) is -0.157. The topological polar surface area (TPSA) is 66.4 Å². The Kier molecular flexibility index (Phi) is 3.94. The molecule has 0 spiro atoms. The number of alkyl halides is 2. The first-order valence-electron chi connectivity index (χ1n) is 4.40. The lowest BCUT2D eigenvalue weighted by Crippen LogP contribution is -2.20. The molecule has 1 heterocycles. The highest BCUT2D eigenvalue weighted by Crippen LogP contribution is 2.28. The van der Waals surface area contributed by atoms with E-state index >= 15 is 0 Å². The highest BCUT2D eigenvalue weighted by atomic mass is 32.1. The van der Waals surface area contributed by atoms with Crippen LogP contribution in [0.25, 0.3) is 0 Å². The van der Waals surface area contributed by atoms with E-state index in [0.717, 1.165) is 11.3 Å². The first-order valence-corrected chi connectivity index (χ1v) is 5.22. The Bertz CT molecular complexity index is 417. The first-order chi connectivity index (χ1) is 7.45. The summed E-state index contributed by atoms with van der Waals surface area (Å²) >= 11 is 0.987. The van der Waals surface area contributed by atoms with Crippen LogP contribution in [0.4, 0.5) is 13.8 Å². The second kappa shape index (κ2) is 5.02. The van der Waals surface area contributed by atoms with Gasteiger partial charge in [0.05, 0.1) is 5.56 Å². The van der Waals surface area contributed by atoms with E-state index < -0.39 is 18.3 Å². The minimum atomic E-state index is -3.16. The fourth-order valence-electron chi connectivity index (χ4n) is 1.03. The lowest BCUT2D eigenvalue weighted by Gasteiger charge is -2.02. The molecule has 1 aromatic rings. The van der Waals surface area contributed by atoms with Crippen LogP contribution in [0.3, 0.4) is 0 Å². The Balaban J connectivity index is 2.98. The summed E-state index contributed by atoms with van der Waals surface area (Å²) < 4.78 is 24.0. The number of anilines is 1. The summed E-state index contributed by atoms with van der Waals surface area (Å²) in [6.45, 7) is 1.80. The molecule has 7 heteroatoms. The summed E-state index contributed by atoms with van der Waals surface area (Å²) in [6.07, 6.45) is -2.58. The van der Waals surface area contributed by atoms with Gasteiger partial charge < -0.3 is 10.4 Å². The molecule has 0 unspecified atom stereocenters. The number of rotatable bonds is 4. The average molecular weight is 249 g/mol. The van der Waals surface area contributed by atoms with E-state index in [1.807, 2.05) is 5.32 Å². The maximum atomic E-state index is 12.0. The molecule has 0 fully saturated rings. The van der Waals surface area contributed by atoms with Crippen LogP contribution in [0.5, 0.6) is 0 Å². The molecule has 0 bridgehead atoms. The molecule has 1 rings (SSSR count). The Morgan fingerprint density at radius 2 is 2.19 bits per heavy atom. The summed E-state index contributed by atoms with van der Waals surface area (Å²) in [6, 6.07) is 1.37. The average Bonchev–Trinajstić information content (AvgIpc) is 2.61. The number of nitrogens with one attached hydrogen (secondary N) is 1. The van der Waals surface area contributed by atoms with Gasteiger partial charge in [-0.2, -0.15) is 8.78 Å². The number of halogens is 2. The van der Waals surface area contributed by atoms with Gasteiger partial charge in [-0.1, -0.05) is 6.92 Å². The Labute approximate surface area is 93.9 Å². The maximum Gasteiger partial charge on any atom is 0.338 e. The fraction of sp³-hybridized carbons (Fsp3) is 0.333. The van der Waals surface area contributed by atoms with Gasteiger partial charge in [0.15, 0.2) is 0 Å². The van der Waals surface area contributed by atoms with Gasteiger partial charge in [-0.25, -0.2) is 4.79 Å². The van der Waals surface area contributed by atoms with Crippen LogP contribution in [0.15, 0.2) is 6.07 Å². The van der Waals surface area contributed by atoms with Crippen molar-refractivity contribution >= 4 is 28.2 Å². The van der Waals surface area contributed by atoms with Crippen LogP contribution in [0.2, 0.25) is 0 Å². The van der Waals surface area contributed by atoms with E-state index in [9.17, 15) is 18.4 Å². The van der Waals surface area contributed by atoms with Crippen LogP contribution < -0.4 is 5.32 Å². The van der Waals surface area contributed by atoms with E-state index in [2.05, 4.69) is 0 Å². The quantitative estimate of drug-likeness (QED) is 0.859. The van der Waals surface area contributed by atoms with Crippen molar-refractivity contribution in [1.29, 1.82) is 0 Å². The zero-order chi connectivity index (χ0) is 12.3. The van der Waals surface area contributed by atoms with Crippen LogP contribution in [-0.4, -0.2) is 23.4 Å². The molecule has 0 aliphatic heterocycles. The van der Waals surface area contributed by atoms with Crippen LogP contribution >= 0.6 is 11.3 Å². The number of thiophene rings is 1. The predicted octanol–water partition coefficient (Wildman–Crippen LogP) is 2.21. The summed E-state index contributed by atoms with van der Waals surface area (Å²) in [7, 11) is 0. The Morgan fingerprint density at radius 1 is 1.56 bits per heavy atom. The highest BCUT2D eigenvalue weighted by Gasteiger charge is 2.21. The zero-order valence-corrected chi connectivity index (χ0v) is 9.11. The van der Waals surface area contributed by atoms with E-state index in [-0.39, 0.29) is 10.6 Å². The standard InChI is InChI=1S/C9H9F2NO3S/c1-2-4-3-5(9(14)15)8(16-4)12-7(13)6(10)11/h3,6H,2H2,1H3,(H,12,13)(H,14,15). The van der Waals surface area contributed by atoms with Crippen molar-refractivity contribution in [2.24, 2.45) is 0 Å². The Hall–Kier alpha value is -1.50. The largest absolute Gasteiger partial charge is 0.478 e. The second-order valence-electron chi connectivity index (χ2n) is 2.90. The monoisotopic (exact) mass is 249 g/mol. The molecule has 0 aromatic carbocycles. The van der Waals surface area contributed by atoms with Gasteiger partial charge in [-0.15, -0.1) is 11.3 Å². The van der Waals surface area contributed by atoms with Crippen molar-refractivity contribution < 1.29 is 23.5 Å². The number of carbonyl (C=O) groups excluding carboxylic acids is 1. The molecule has 88 valence electrons. The number of aryl methyl sites for hydroxylation is 1. The van der Waals surface area contributed by atoms with Crippen molar-refractivity contribution in [3.05, 3.63) is 16.5 Å². The van der Waals surface area contributed by atoms with Gasteiger partial charge in [-0.3, -0.25) is 4.79 Å². The zero-order valence-electron chi connectivity index (χ0n) is 8.29. The number of carboxylic acids is 1. The molecule has 0 saturated carbocycles. The number of hydrogen-bond donors (Lipinski definition) is 2. The number of aromatic carboxylic acids is 1. The SMILES string of the molecule is CCc1cc(C(=O)O)c(NC(=O)C(F)F)s1. The van der Waals surface area contributed by atoms with Crippen molar-refractivity contribution in [2.75, 3.05) is 5.32 Å². The second-order valence-corrected chi connectivity index (χ2v) is 4.04. The van der Waals surface area contributed by atoms with E-state index in [1.54, 1.807) is 6.92 Å². The third kappa shape index (κ3) is 2.75. The molecule has 4 nitrogen and oxygen atoms in total. The molecule has 2 N–H and O–H groups in total. The van der Waals surface area contributed by atoms with E-state index in [1.165, 1.54) is 6.07 Å². The minimum absolute atomic E-state index is 0.0466. The molecular formula is C9H9F2NO3S. The number of carbonyl (C=O) groups is 2. The van der Waals surface area contributed by atoms with Gasteiger partial charge in [0, 0.05) is 4.88 Å². The lowest BCUT2D eigenvalue weighted by molar-refractivity contribution is -0.126. The third-order valence-electron chi connectivity index (χ3n) is 1.80. The maximum absolute atomic E-state index is 12.0. The predicted molar refractivity (Wildman–Crippen MR) is 55.3 cm³/mol. The summed E-state index contributed by atoms with van der Waals surface area (Å²) in [5.74, 6) is -2.74. The van der Waals surface area contributed by atoms with Crippen molar-refractivity contribution in [1.82, 2.24) is 0 Å². The molecular weight excluding hydrogens is 240 g/mol. The number of amides is 1. The highest BCUT2D eigenvalue weighted by molar-refractivity contribution is 7.16. The van der Waals surface area contributed by atoms with Crippen LogP contribution in [0.1, 0.15) is 22.2 Å². The minimum Gasteiger partial charge on any atom is -0.478 e. The van der Waals surface area contributed by atoms with Crippen molar-refractivity contribution in [3.63, 3.8) is 0 Å². The molecule has 1 aromatic heterocycles. The molecule has 0 atom stereocenters. The van der Waals surface area contributed by atoms with Crippen molar-refractivity contribution in [3.8, 4) is 0 Å². The van der Waals surface area contributed by atoms with Gasteiger partial charge in [0.25, 0.3) is 5.91 Å². The van der Waals surface area contributed by atoms with Gasteiger partial charge >= 0.3 is 12.4 Å². The number of hydrogen-bond acceptors (Lipinski definition) is 3.